The highest BCUT2D eigenvalue weighted by atomic mass is 35.5. The molecule has 0 spiro atoms. The summed E-state index contributed by atoms with van der Waals surface area (Å²) in [5, 5.41) is 3.47. The number of thioether (sulfide) groups is 1. The van der Waals surface area contributed by atoms with Crippen molar-refractivity contribution in [1.29, 1.82) is 0 Å². The lowest BCUT2D eigenvalue weighted by Gasteiger charge is -2.10. The number of nitrogens with one attached hydrogen (secondary N) is 1. The third kappa shape index (κ3) is 4.69. The molecule has 5 heteroatoms. The van der Waals surface area contributed by atoms with Crippen LogP contribution in [0.1, 0.15) is 5.56 Å². The lowest BCUT2D eigenvalue weighted by Crippen LogP contribution is -2.20. The minimum absolute atomic E-state index is 0.0357. The molecular formula is C16H16ClNO2S. The predicted molar refractivity (Wildman–Crippen MR) is 88.5 cm³/mol. The molecule has 3 nitrogen and oxygen atoms in total. The summed E-state index contributed by atoms with van der Waals surface area (Å²) in [4.78, 5) is 13.0. The monoisotopic (exact) mass is 321 g/mol. The number of aryl methyl sites for hydroxylation is 1. The van der Waals surface area contributed by atoms with Gasteiger partial charge >= 0.3 is 0 Å². The first-order chi connectivity index (χ1) is 10.1. The number of benzene rings is 2. The predicted octanol–water partition coefficient (Wildman–Crippen LogP) is 4.39. The van der Waals surface area contributed by atoms with E-state index in [4.69, 9.17) is 16.3 Å². The average Bonchev–Trinajstić information content (AvgIpc) is 2.46. The first-order valence-corrected chi connectivity index (χ1v) is 8.01. The molecule has 0 bridgehead atoms. The van der Waals surface area contributed by atoms with Crippen LogP contribution in [0.2, 0.25) is 5.02 Å². The standard InChI is InChI=1S/C16H16ClNO2S/c1-11-8-12(17)6-7-15(11)20-10-16(19)18-13-4-3-5-14(9-13)21-2/h3-9H,10H2,1-2H3,(H,18,19). The fourth-order valence-corrected chi connectivity index (χ4v) is 2.50. The molecule has 0 aliphatic heterocycles. The Bertz CT molecular complexity index is 646. The van der Waals surface area contributed by atoms with E-state index in [2.05, 4.69) is 5.32 Å². The number of hydrogen-bond acceptors (Lipinski definition) is 3. The van der Waals surface area contributed by atoms with Crippen molar-refractivity contribution >= 4 is 35.0 Å². The van der Waals surface area contributed by atoms with E-state index in [0.29, 0.717) is 10.8 Å². The van der Waals surface area contributed by atoms with E-state index in [9.17, 15) is 4.79 Å². The first kappa shape index (κ1) is 15.7. The molecule has 0 aliphatic carbocycles. The van der Waals surface area contributed by atoms with Crippen LogP contribution in [0.5, 0.6) is 5.75 Å². The third-order valence-electron chi connectivity index (χ3n) is 2.85. The van der Waals surface area contributed by atoms with Crippen LogP contribution in [0.4, 0.5) is 5.69 Å². The summed E-state index contributed by atoms with van der Waals surface area (Å²) in [5.41, 5.74) is 1.67. The fraction of sp³-hybridized carbons (Fsp3) is 0.188. The molecule has 2 aromatic rings. The smallest absolute Gasteiger partial charge is 0.262 e. The van der Waals surface area contributed by atoms with Gasteiger partial charge in [-0.1, -0.05) is 17.7 Å². The number of halogens is 1. The van der Waals surface area contributed by atoms with Gasteiger partial charge in [0, 0.05) is 15.6 Å². The second-order valence-corrected chi connectivity index (χ2v) is 5.79. The summed E-state index contributed by atoms with van der Waals surface area (Å²) in [5.74, 6) is 0.468. The molecular weight excluding hydrogens is 306 g/mol. The Balaban J connectivity index is 1.92. The largest absolute Gasteiger partial charge is 0.483 e. The quantitative estimate of drug-likeness (QED) is 0.830. The van der Waals surface area contributed by atoms with Gasteiger partial charge in [0.25, 0.3) is 5.91 Å². The summed E-state index contributed by atoms with van der Waals surface area (Å²) in [7, 11) is 0. The number of carbonyl (C=O) groups excluding carboxylic acids is 1. The number of hydrogen-bond donors (Lipinski definition) is 1. The van der Waals surface area contributed by atoms with Gasteiger partial charge < -0.3 is 10.1 Å². The highest BCUT2D eigenvalue weighted by Crippen LogP contribution is 2.22. The molecule has 21 heavy (non-hydrogen) atoms. The summed E-state index contributed by atoms with van der Waals surface area (Å²) in [6.45, 7) is 1.85. The SMILES string of the molecule is CSc1cccc(NC(=O)COc2ccc(Cl)cc2C)c1. The van der Waals surface area contributed by atoms with Crippen molar-refractivity contribution in [2.24, 2.45) is 0 Å². The van der Waals surface area contributed by atoms with Gasteiger partial charge in [0.1, 0.15) is 5.75 Å². The number of amides is 1. The third-order valence-corrected chi connectivity index (χ3v) is 3.81. The molecule has 0 atom stereocenters. The number of carbonyl (C=O) groups is 1. The maximum atomic E-state index is 11.9. The van der Waals surface area contributed by atoms with E-state index in [-0.39, 0.29) is 12.5 Å². The Hall–Kier alpha value is -1.65. The molecule has 1 N–H and O–H groups in total. The number of ether oxygens (including phenoxy) is 1. The maximum Gasteiger partial charge on any atom is 0.262 e. The van der Waals surface area contributed by atoms with E-state index in [1.54, 1.807) is 30.0 Å². The molecule has 1 amide bonds. The van der Waals surface area contributed by atoms with E-state index in [0.717, 1.165) is 16.1 Å². The molecule has 0 aliphatic rings. The minimum atomic E-state index is -0.192. The zero-order chi connectivity index (χ0) is 15.2. The summed E-state index contributed by atoms with van der Waals surface area (Å²) in [6.07, 6.45) is 1.99. The summed E-state index contributed by atoms with van der Waals surface area (Å²) >= 11 is 7.51. The van der Waals surface area contributed by atoms with Crippen molar-refractivity contribution in [2.75, 3.05) is 18.2 Å². The molecule has 0 fully saturated rings. The van der Waals surface area contributed by atoms with Gasteiger partial charge in [-0.25, -0.2) is 0 Å². The Labute approximate surface area is 133 Å². The van der Waals surface area contributed by atoms with Crippen LogP contribution >= 0.6 is 23.4 Å². The van der Waals surface area contributed by atoms with Gasteiger partial charge in [-0.05, 0) is 55.1 Å². The Morgan fingerprint density at radius 3 is 2.81 bits per heavy atom. The Morgan fingerprint density at radius 1 is 1.29 bits per heavy atom. The Morgan fingerprint density at radius 2 is 2.10 bits per heavy atom. The molecule has 0 aromatic heterocycles. The van der Waals surface area contributed by atoms with Crippen LogP contribution in [0.3, 0.4) is 0 Å². The van der Waals surface area contributed by atoms with Gasteiger partial charge in [0.2, 0.25) is 0 Å². The zero-order valence-electron chi connectivity index (χ0n) is 11.9. The van der Waals surface area contributed by atoms with Crippen LogP contribution in [-0.4, -0.2) is 18.8 Å². The molecule has 0 radical (unpaired) electrons. The molecule has 2 rings (SSSR count). The van der Waals surface area contributed by atoms with Gasteiger partial charge in [-0.15, -0.1) is 11.8 Å². The highest BCUT2D eigenvalue weighted by Gasteiger charge is 2.06. The molecule has 2 aromatic carbocycles. The summed E-state index contributed by atoms with van der Waals surface area (Å²) in [6, 6.07) is 13.0. The van der Waals surface area contributed by atoms with Gasteiger partial charge in [-0.2, -0.15) is 0 Å². The molecule has 0 saturated carbocycles. The van der Waals surface area contributed by atoms with Gasteiger partial charge in [0.15, 0.2) is 6.61 Å². The molecule has 0 saturated heterocycles. The van der Waals surface area contributed by atoms with Crippen molar-refractivity contribution in [3.63, 3.8) is 0 Å². The van der Waals surface area contributed by atoms with Crippen LogP contribution in [-0.2, 0) is 4.79 Å². The van der Waals surface area contributed by atoms with Gasteiger partial charge in [-0.3, -0.25) is 4.79 Å². The van der Waals surface area contributed by atoms with E-state index >= 15 is 0 Å². The number of anilines is 1. The number of rotatable bonds is 5. The first-order valence-electron chi connectivity index (χ1n) is 6.41. The second-order valence-electron chi connectivity index (χ2n) is 4.48. The Kier molecular flexibility index (Phi) is 5.53. The summed E-state index contributed by atoms with van der Waals surface area (Å²) < 4.78 is 5.51. The zero-order valence-corrected chi connectivity index (χ0v) is 13.4. The van der Waals surface area contributed by atoms with Crippen molar-refractivity contribution in [2.45, 2.75) is 11.8 Å². The van der Waals surface area contributed by atoms with Crippen molar-refractivity contribution in [3.05, 3.63) is 53.1 Å². The maximum absolute atomic E-state index is 11.9. The van der Waals surface area contributed by atoms with Gasteiger partial charge in [0.05, 0.1) is 0 Å². The van der Waals surface area contributed by atoms with Crippen LogP contribution < -0.4 is 10.1 Å². The van der Waals surface area contributed by atoms with E-state index in [1.165, 1.54) is 0 Å². The van der Waals surface area contributed by atoms with Crippen molar-refractivity contribution in [3.8, 4) is 5.75 Å². The van der Waals surface area contributed by atoms with Crippen molar-refractivity contribution in [1.82, 2.24) is 0 Å². The molecule has 0 heterocycles. The average molecular weight is 322 g/mol. The van der Waals surface area contributed by atoms with Crippen molar-refractivity contribution < 1.29 is 9.53 Å². The molecule has 0 unspecified atom stereocenters. The lowest BCUT2D eigenvalue weighted by molar-refractivity contribution is -0.118. The minimum Gasteiger partial charge on any atom is -0.483 e. The molecule has 110 valence electrons. The van der Waals surface area contributed by atoms with Crippen LogP contribution in [0.15, 0.2) is 47.4 Å². The topological polar surface area (TPSA) is 38.3 Å². The van der Waals surface area contributed by atoms with E-state index in [1.807, 2.05) is 37.4 Å². The lowest BCUT2D eigenvalue weighted by atomic mass is 10.2. The fourth-order valence-electron chi connectivity index (χ4n) is 1.82. The normalized spacial score (nSPS) is 10.2. The van der Waals surface area contributed by atoms with Crippen LogP contribution in [0.25, 0.3) is 0 Å². The van der Waals surface area contributed by atoms with E-state index < -0.39 is 0 Å². The second kappa shape index (κ2) is 7.38. The van der Waals surface area contributed by atoms with Crippen LogP contribution in [0, 0.1) is 6.92 Å². The highest BCUT2D eigenvalue weighted by molar-refractivity contribution is 7.98.